The quantitative estimate of drug-likeness (QED) is 0.876. The highest BCUT2D eigenvalue weighted by molar-refractivity contribution is 5.97. The van der Waals surface area contributed by atoms with Crippen molar-refractivity contribution in [2.75, 3.05) is 37.6 Å². The number of nitrogens with zero attached hydrogens (tertiary/aromatic N) is 2. The summed E-state index contributed by atoms with van der Waals surface area (Å²) in [5.74, 6) is -0.856. The van der Waals surface area contributed by atoms with Crippen LogP contribution >= 0.6 is 0 Å². The van der Waals surface area contributed by atoms with E-state index in [9.17, 15) is 14.0 Å². The maximum absolute atomic E-state index is 14.7. The second-order valence-electron chi connectivity index (χ2n) is 6.08. The zero-order chi connectivity index (χ0) is 18.0. The molecule has 1 aliphatic rings. The van der Waals surface area contributed by atoms with Crippen LogP contribution in [0.2, 0.25) is 0 Å². The summed E-state index contributed by atoms with van der Waals surface area (Å²) in [4.78, 5) is 26.8. The summed E-state index contributed by atoms with van der Waals surface area (Å²) < 4.78 is 16.5. The summed E-state index contributed by atoms with van der Waals surface area (Å²) in [6.45, 7) is 7.76. The lowest BCUT2D eigenvalue weighted by Gasteiger charge is -2.30. The largest absolute Gasteiger partial charge is 0.367 e. The topological polar surface area (TPSA) is 66.4 Å². The standard InChI is InChI=1S/C18H23FN4O2/c1-3-21-18(25)13-11-22(4-2)15-10-16(23-7-5-20-6-8-23)14(19)9-12(15)17(13)24/h9-11,20H,3-8H2,1-2H3,(H,21,25). The number of benzene rings is 1. The number of aromatic nitrogens is 1. The van der Waals surface area contributed by atoms with Gasteiger partial charge in [0.25, 0.3) is 5.91 Å². The molecular formula is C18H23FN4O2. The predicted molar refractivity (Wildman–Crippen MR) is 96.9 cm³/mol. The molecule has 3 rings (SSSR count). The molecule has 1 saturated heterocycles. The van der Waals surface area contributed by atoms with Gasteiger partial charge in [-0.1, -0.05) is 0 Å². The van der Waals surface area contributed by atoms with Crippen molar-refractivity contribution in [2.24, 2.45) is 0 Å². The Morgan fingerprint density at radius 2 is 2.00 bits per heavy atom. The average molecular weight is 346 g/mol. The lowest BCUT2D eigenvalue weighted by molar-refractivity contribution is 0.0954. The Labute approximate surface area is 145 Å². The van der Waals surface area contributed by atoms with Gasteiger partial charge in [-0.25, -0.2) is 4.39 Å². The summed E-state index contributed by atoms with van der Waals surface area (Å²) >= 11 is 0. The molecule has 2 N–H and O–H groups in total. The third-order valence-corrected chi connectivity index (χ3v) is 4.53. The Balaban J connectivity index is 2.18. The Morgan fingerprint density at radius 3 is 2.64 bits per heavy atom. The fourth-order valence-corrected chi connectivity index (χ4v) is 3.23. The molecule has 1 aromatic carbocycles. The first-order chi connectivity index (χ1) is 12.1. The maximum atomic E-state index is 14.7. The molecule has 0 unspecified atom stereocenters. The van der Waals surface area contributed by atoms with E-state index in [2.05, 4.69) is 10.6 Å². The fourth-order valence-electron chi connectivity index (χ4n) is 3.23. The molecule has 1 amide bonds. The molecule has 0 radical (unpaired) electrons. The second-order valence-corrected chi connectivity index (χ2v) is 6.08. The normalized spacial score (nSPS) is 14.8. The zero-order valence-corrected chi connectivity index (χ0v) is 14.6. The van der Waals surface area contributed by atoms with Crippen LogP contribution in [0.4, 0.5) is 10.1 Å². The number of amides is 1. The predicted octanol–water partition coefficient (Wildman–Crippen LogP) is 1.32. The van der Waals surface area contributed by atoms with Gasteiger partial charge >= 0.3 is 0 Å². The summed E-state index contributed by atoms with van der Waals surface area (Å²) in [6.07, 6.45) is 1.56. The van der Waals surface area contributed by atoms with Gasteiger partial charge in [-0.3, -0.25) is 9.59 Å². The molecule has 1 aliphatic heterocycles. The number of fused-ring (bicyclic) bond motifs is 1. The number of carbonyl (C=O) groups excluding carboxylic acids is 1. The lowest BCUT2D eigenvalue weighted by Crippen LogP contribution is -2.44. The zero-order valence-electron chi connectivity index (χ0n) is 14.6. The van der Waals surface area contributed by atoms with Crippen molar-refractivity contribution in [1.29, 1.82) is 0 Å². The minimum atomic E-state index is -0.434. The number of halogens is 1. The van der Waals surface area contributed by atoms with Crippen molar-refractivity contribution in [2.45, 2.75) is 20.4 Å². The number of hydrogen-bond acceptors (Lipinski definition) is 4. The molecule has 0 spiro atoms. The van der Waals surface area contributed by atoms with E-state index in [-0.39, 0.29) is 10.9 Å². The maximum Gasteiger partial charge on any atom is 0.256 e. The highest BCUT2D eigenvalue weighted by atomic mass is 19.1. The Morgan fingerprint density at radius 1 is 1.28 bits per heavy atom. The van der Waals surface area contributed by atoms with Crippen molar-refractivity contribution in [3.05, 3.63) is 39.9 Å². The highest BCUT2D eigenvalue weighted by Crippen LogP contribution is 2.25. The Hall–Kier alpha value is -2.41. The molecule has 134 valence electrons. The van der Waals surface area contributed by atoms with Gasteiger partial charge < -0.3 is 20.1 Å². The second kappa shape index (κ2) is 7.23. The van der Waals surface area contributed by atoms with Gasteiger partial charge in [0.2, 0.25) is 5.43 Å². The number of aryl methyl sites for hydroxylation is 1. The SMILES string of the molecule is CCNC(=O)c1cn(CC)c2cc(N3CCNCC3)c(F)cc2c1=O. The molecule has 25 heavy (non-hydrogen) atoms. The minimum Gasteiger partial charge on any atom is -0.367 e. The third kappa shape index (κ3) is 3.24. The van der Waals surface area contributed by atoms with Crippen molar-refractivity contribution in [3.63, 3.8) is 0 Å². The van der Waals surface area contributed by atoms with Crippen LogP contribution in [0.25, 0.3) is 10.9 Å². The van der Waals surface area contributed by atoms with Crippen LogP contribution in [0, 0.1) is 5.82 Å². The van der Waals surface area contributed by atoms with Crippen LogP contribution in [-0.2, 0) is 6.54 Å². The van der Waals surface area contributed by atoms with Crippen LogP contribution in [0.5, 0.6) is 0 Å². The lowest BCUT2D eigenvalue weighted by atomic mass is 10.1. The number of carbonyl (C=O) groups is 1. The smallest absolute Gasteiger partial charge is 0.256 e. The van der Waals surface area contributed by atoms with E-state index < -0.39 is 17.2 Å². The Kier molecular flexibility index (Phi) is 5.03. The number of hydrogen-bond donors (Lipinski definition) is 2. The van der Waals surface area contributed by atoms with Gasteiger partial charge in [-0.2, -0.15) is 0 Å². The minimum absolute atomic E-state index is 0.0468. The van der Waals surface area contributed by atoms with Gasteiger partial charge in [-0.15, -0.1) is 0 Å². The first kappa shape index (κ1) is 17.4. The van der Waals surface area contributed by atoms with Crippen molar-refractivity contribution < 1.29 is 9.18 Å². The number of nitrogens with one attached hydrogen (secondary N) is 2. The first-order valence-electron chi connectivity index (χ1n) is 8.67. The molecule has 1 fully saturated rings. The number of piperazine rings is 1. The summed E-state index contributed by atoms with van der Waals surface area (Å²) in [5.41, 5.74) is 0.763. The molecule has 0 saturated carbocycles. The number of pyridine rings is 1. The van der Waals surface area contributed by atoms with E-state index in [1.54, 1.807) is 19.2 Å². The van der Waals surface area contributed by atoms with Crippen LogP contribution in [0.15, 0.2) is 23.1 Å². The first-order valence-corrected chi connectivity index (χ1v) is 8.67. The Bertz CT molecular complexity index is 856. The van der Waals surface area contributed by atoms with Crippen molar-refractivity contribution in [1.82, 2.24) is 15.2 Å². The van der Waals surface area contributed by atoms with Gasteiger partial charge in [0.05, 0.1) is 11.2 Å². The molecule has 0 atom stereocenters. The summed E-state index contributed by atoms with van der Waals surface area (Å²) in [6, 6.07) is 2.99. The van der Waals surface area contributed by atoms with Gasteiger partial charge in [0, 0.05) is 50.9 Å². The third-order valence-electron chi connectivity index (χ3n) is 4.53. The molecule has 0 aliphatic carbocycles. The fraction of sp³-hybridized carbons (Fsp3) is 0.444. The monoisotopic (exact) mass is 346 g/mol. The van der Waals surface area contributed by atoms with Gasteiger partial charge in [0.1, 0.15) is 11.4 Å². The summed E-state index contributed by atoms with van der Waals surface area (Å²) in [5, 5.41) is 6.11. The van der Waals surface area contributed by atoms with Crippen LogP contribution in [-0.4, -0.2) is 43.2 Å². The molecule has 2 aromatic rings. The van der Waals surface area contributed by atoms with E-state index >= 15 is 0 Å². The molecule has 1 aromatic heterocycles. The van der Waals surface area contributed by atoms with Gasteiger partial charge in [-0.05, 0) is 26.0 Å². The van der Waals surface area contributed by atoms with Crippen LogP contribution in [0.1, 0.15) is 24.2 Å². The number of anilines is 1. The molecule has 7 heteroatoms. The molecule has 6 nitrogen and oxygen atoms in total. The number of rotatable bonds is 4. The van der Waals surface area contributed by atoms with E-state index in [0.717, 1.165) is 26.2 Å². The van der Waals surface area contributed by atoms with Crippen LogP contribution < -0.4 is 21.0 Å². The average Bonchev–Trinajstić information content (AvgIpc) is 2.63. The molecular weight excluding hydrogens is 323 g/mol. The van der Waals surface area contributed by atoms with Crippen LogP contribution in [0.3, 0.4) is 0 Å². The van der Waals surface area contributed by atoms with E-state index in [4.69, 9.17) is 0 Å². The summed E-state index contributed by atoms with van der Waals surface area (Å²) in [7, 11) is 0. The van der Waals surface area contributed by atoms with E-state index in [1.165, 1.54) is 6.07 Å². The molecule has 0 bridgehead atoms. The van der Waals surface area contributed by atoms with E-state index in [1.807, 2.05) is 16.4 Å². The highest BCUT2D eigenvalue weighted by Gasteiger charge is 2.20. The van der Waals surface area contributed by atoms with Gasteiger partial charge in [0.15, 0.2) is 0 Å². The van der Waals surface area contributed by atoms with E-state index in [0.29, 0.717) is 24.3 Å². The van der Waals surface area contributed by atoms with Crippen molar-refractivity contribution >= 4 is 22.5 Å². The van der Waals surface area contributed by atoms with Crippen molar-refractivity contribution in [3.8, 4) is 0 Å². The molecule has 2 heterocycles.